The quantitative estimate of drug-likeness (QED) is 0.161. The normalized spacial score (nSPS) is 11.0. The molecular weight excluding hydrogens is 480 g/mol. The van der Waals surface area contributed by atoms with Crippen LogP contribution in [0.15, 0.2) is 81.8 Å². The minimum Gasteiger partial charge on any atom is -0.497 e. The van der Waals surface area contributed by atoms with Crippen molar-refractivity contribution in [2.24, 2.45) is 5.10 Å². The molecule has 0 radical (unpaired) electrons. The minimum atomic E-state index is -0.359. The smallest absolute Gasteiger partial charge is 0.266 e. The molecule has 0 aliphatic heterocycles. The molecule has 1 heterocycles. The van der Waals surface area contributed by atoms with Crippen molar-refractivity contribution in [3.05, 3.63) is 82.6 Å². The topological polar surface area (TPSA) is 104 Å². The highest BCUT2D eigenvalue weighted by Crippen LogP contribution is 2.29. The first-order valence-electron chi connectivity index (χ1n) is 10.9. The van der Waals surface area contributed by atoms with Gasteiger partial charge in [-0.25, -0.2) is 10.4 Å². The molecule has 0 aliphatic rings. The van der Waals surface area contributed by atoms with E-state index in [0.29, 0.717) is 44.6 Å². The van der Waals surface area contributed by atoms with Crippen LogP contribution >= 0.6 is 11.8 Å². The van der Waals surface area contributed by atoms with Crippen molar-refractivity contribution in [2.75, 3.05) is 27.1 Å². The first kappa shape index (κ1) is 24.8. The Bertz CT molecular complexity index is 1470. The van der Waals surface area contributed by atoms with Crippen LogP contribution < -0.4 is 25.2 Å². The maximum atomic E-state index is 13.3. The van der Waals surface area contributed by atoms with Crippen LogP contribution in [-0.2, 0) is 4.79 Å². The molecule has 0 aliphatic carbocycles. The molecule has 0 atom stereocenters. The van der Waals surface area contributed by atoms with Gasteiger partial charge in [-0.15, -0.1) is 0 Å². The lowest BCUT2D eigenvalue weighted by Gasteiger charge is -2.13. The molecule has 0 fully saturated rings. The number of carbonyl (C=O) groups excluding carboxylic acids is 1. The predicted octanol–water partition coefficient (Wildman–Crippen LogP) is 3.65. The number of hydrogen-bond donors (Lipinski definition) is 1. The number of fused-ring (bicyclic) bond motifs is 1. The Morgan fingerprint density at radius 1 is 1.00 bits per heavy atom. The molecule has 1 amide bonds. The van der Waals surface area contributed by atoms with E-state index in [1.165, 1.54) is 17.9 Å². The molecule has 0 saturated heterocycles. The lowest BCUT2D eigenvalue weighted by atomic mass is 10.2. The Morgan fingerprint density at radius 3 is 2.50 bits per heavy atom. The number of nitrogens with zero attached hydrogens (tertiary/aromatic N) is 3. The van der Waals surface area contributed by atoms with Crippen molar-refractivity contribution in [2.45, 2.75) is 5.16 Å². The van der Waals surface area contributed by atoms with Crippen molar-refractivity contribution in [1.29, 1.82) is 0 Å². The van der Waals surface area contributed by atoms with Crippen molar-refractivity contribution in [1.82, 2.24) is 15.0 Å². The summed E-state index contributed by atoms with van der Waals surface area (Å²) in [7, 11) is 4.65. The van der Waals surface area contributed by atoms with E-state index >= 15 is 0 Å². The molecule has 36 heavy (non-hydrogen) atoms. The number of aromatic nitrogens is 2. The number of para-hydroxylation sites is 2. The Morgan fingerprint density at radius 2 is 1.78 bits per heavy atom. The highest BCUT2D eigenvalue weighted by atomic mass is 32.2. The number of thioether (sulfide) groups is 1. The lowest BCUT2D eigenvalue weighted by Crippen LogP contribution is -2.24. The number of ether oxygens (including phenoxy) is 3. The van der Waals surface area contributed by atoms with Crippen LogP contribution in [-0.4, -0.2) is 48.8 Å². The number of hydrazone groups is 1. The van der Waals surface area contributed by atoms with Crippen LogP contribution in [0.25, 0.3) is 16.6 Å². The van der Waals surface area contributed by atoms with Gasteiger partial charge >= 0.3 is 0 Å². The number of amides is 1. The highest BCUT2D eigenvalue weighted by Gasteiger charge is 2.15. The summed E-state index contributed by atoms with van der Waals surface area (Å²) in [4.78, 5) is 30.5. The van der Waals surface area contributed by atoms with Crippen molar-refractivity contribution >= 4 is 34.8 Å². The molecule has 0 bridgehead atoms. The Hall–Kier alpha value is -4.31. The van der Waals surface area contributed by atoms with Gasteiger partial charge in [0.05, 0.1) is 49.9 Å². The summed E-state index contributed by atoms with van der Waals surface area (Å²) in [5, 5.41) is 4.90. The van der Waals surface area contributed by atoms with Gasteiger partial charge in [-0.3, -0.25) is 14.2 Å². The third-order valence-corrected chi connectivity index (χ3v) is 6.17. The van der Waals surface area contributed by atoms with Crippen LogP contribution in [0.1, 0.15) is 5.56 Å². The van der Waals surface area contributed by atoms with Gasteiger partial charge in [0.25, 0.3) is 11.5 Å². The molecule has 0 unspecified atom stereocenters. The molecule has 9 nitrogen and oxygen atoms in total. The predicted molar refractivity (Wildman–Crippen MR) is 140 cm³/mol. The van der Waals surface area contributed by atoms with E-state index in [-0.39, 0.29) is 17.2 Å². The second kappa shape index (κ2) is 11.4. The molecule has 4 rings (SSSR count). The van der Waals surface area contributed by atoms with Gasteiger partial charge in [0.15, 0.2) is 16.7 Å². The molecule has 10 heteroatoms. The van der Waals surface area contributed by atoms with Crippen LogP contribution in [0.2, 0.25) is 0 Å². The van der Waals surface area contributed by atoms with Gasteiger partial charge in [-0.05, 0) is 48.5 Å². The standard InChI is InChI=1S/C26H24N4O5S/c1-33-19-13-11-18(12-14-19)30-25(32)20-8-4-5-9-21(20)28-26(30)36-16-23(31)29-27-15-17-7-6-10-22(34-2)24(17)35-3/h4-15H,16H2,1-3H3,(H,29,31)/b27-15+. The van der Waals surface area contributed by atoms with Gasteiger partial charge in [0, 0.05) is 5.56 Å². The minimum absolute atomic E-state index is 0.00643. The van der Waals surface area contributed by atoms with Gasteiger partial charge in [-0.2, -0.15) is 5.10 Å². The molecule has 184 valence electrons. The first-order chi connectivity index (χ1) is 17.5. The van der Waals surface area contributed by atoms with Crippen LogP contribution in [0.3, 0.4) is 0 Å². The zero-order chi connectivity index (χ0) is 25.5. The highest BCUT2D eigenvalue weighted by molar-refractivity contribution is 7.99. The Balaban J connectivity index is 1.55. The average Bonchev–Trinajstić information content (AvgIpc) is 2.92. The fourth-order valence-corrected chi connectivity index (χ4v) is 4.32. The van der Waals surface area contributed by atoms with E-state index in [1.54, 1.807) is 74.9 Å². The third kappa shape index (κ3) is 5.33. The molecule has 1 aromatic heterocycles. The number of nitrogens with one attached hydrogen (secondary N) is 1. The van der Waals surface area contributed by atoms with E-state index in [2.05, 4.69) is 15.5 Å². The Labute approximate surface area is 211 Å². The van der Waals surface area contributed by atoms with Crippen molar-refractivity contribution < 1.29 is 19.0 Å². The summed E-state index contributed by atoms with van der Waals surface area (Å²) in [6, 6.07) is 19.5. The van der Waals surface area contributed by atoms with Crippen LogP contribution in [0.4, 0.5) is 0 Å². The van der Waals surface area contributed by atoms with E-state index in [0.717, 1.165) is 11.8 Å². The summed E-state index contributed by atoms with van der Waals surface area (Å²) >= 11 is 1.14. The van der Waals surface area contributed by atoms with Crippen molar-refractivity contribution in [3.63, 3.8) is 0 Å². The molecular formula is C26H24N4O5S. The summed E-state index contributed by atoms with van der Waals surface area (Å²) in [5.74, 6) is 1.37. The fraction of sp³-hybridized carbons (Fsp3) is 0.154. The molecule has 3 aromatic carbocycles. The van der Waals surface area contributed by atoms with Gasteiger partial charge in [-0.1, -0.05) is 30.0 Å². The van der Waals surface area contributed by atoms with Crippen LogP contribution in [0, 0.1) is 0 Å². The first-order valence-corrected chi connectivity index (χ1v) is 11.9. The van der Waals surface area contributed by atoms with Gasteiger partial charge < -0.3 is 14.2 Å². The number of methoxy groups -OCH3 is 3. The number of carbonyl (C=O) groups is 1. The maximum absolute atomic E-state index is 13.3. The summed E-state index contributed by atoms with van der Waals surface area (Å²) in [6.45, 7) is 0. The molecule has 4 aromatic rings. The van der Waals surface area contributed by atoms with Gasteiger partial charge in [0.1, 0.15) is 5.75 Å². The van der Waals surface area contributed by atoms with E-state index in [4.69, 9.17) is 14.2 Å². The summed E-state index contributed by atoms with van der Waals surface area (Å²) in [6.07, 6.45) is 1.48. The molecule has 1 N–H and O–H groups in total. The van der Waals surface area contributed by atoms with E-state index in [9.17, 15) is 9.59 Å². The van der Waals surface area contributed by atoms with Gasteiger partial charge in [0.2, 0.25) is 0 Å². The average molecular weight is 505 g/mol. The van der Waals surface area contributed by atoms with Crippen molar-refractivity contribution in [3.8, 4) is 22.9 Å². The SMILES string of the molecule is COc1ccc(-n2c(SCC(=O)N/N=C/c3cccc(OC)c3OC)nc3ccccc3c2=O)cc1. The second-order valence-corrected chi connectivity index (χ2v) is 8.36. The third-order valence-electron chi connectivity index (χ3n) is 5.23. The summed E-state index contributed by atoms with van der Waals surface area (Å²) in [5.41, 5.74) is 4.09. The monoisotopic (exact) mass is 504 g/mol. The lowest BCUT2D eigenvalue weighted by molar-refractivity contribution is -0.118. The summed E-state index contributed by atoms with van der Waals surface area (Å²) < 4.78 is 17.4. The zero-order valence-corrected chi connectivity index (χ0v) is 20.7. The zero-order valence-electron chi connectivity index (χ0n) is 19.9. The number of hydrogen-bond acceptors (Lipinski definition) is 8. The molecule has 0 saturated carbocycles. The number of benzene rings is 3. The maximum Gasteiger partial charge on any atom is 0.266 e. The Kier molecular flexibility index (Phi) is 7.86. The van der Waals surface area contributed by atoms with E-state index < -0.39 is 0 Å². The second-order valence-electron chi connectivity index (χ2n) is 7.41. The van der Waals surface area contributed by atoms with Crippen LogP contribution in [0.5, 0.6) is 17.2 Å². The molecule has 0 spiro atoms. The van der Waals surface area contributed by atoms with E-state index in [1.807, 2.05) is 6.07 Å². The number of rotatable bonds is 9. The largest absolute Gasteiger partial charge is 0.497 e. The fourth-order valence-electron chi connectivity index (χ4n) is 3.52.